The number of rotatable bonds is 6. The predicted molar refractivity (Wildman–Crippen MR) is 171 cm³/mol. The fraction of sp³-hybridized carbons (Fsp3) is 0.794. The molecule has 230 valence electrons. The van der Waals surface area contributed by atoms with Crippen LogP contribution in [-0.4, -0.2) is 51.4 Å². The van der Waals surface area contributed by atoms with E-state index < -0.39 is 27.7 Å². The summed E-state index contributed by atoms with van der Waals surface area (Å²) >= 11 is 0. The third-order valence-corrected chi connectivity index (χ3v) is 22.1. The van der Waals surface area contributed by atoms with Crippen molar-refractivity contribution >= 4 is 22.4 Å². The molecule has 1 saturated heterocycles. The van der Waals surface area contributed by atoms with Crippen molar-refractivity contribution in [3.63, 3.8) is 0 Å². The number of hydrogen-bond acceptors (Lipinski definition) is 5. The standard InChI is InChI=1S/C34H56O5Si2/c1-22-18-26-25-15-14-23-19-24(39-41(12,13)30(5,6)7)16-17-31(23,8)34(25)28(38-34)20-32(26,9)33(22,36)27(35)21-37-40(10,11)29(2,3)4/h14,16-17,19,22,25-26,28,36H,15,18,20-21H2,1-13H3/t22?,25-,26-,28?,31-,32-,33-,34-/m0/s1. The van der Waals surface area contributed by atoms with Crippen molar-refractivity contribution in [2.75, 3.05) is 6.61 Å². The second-order valence-electron chi connectivity index (χ2n) is 17.4. The molecule has 5 aliphatic rings. The Morgan fingerprint density at radius 1 is 1.05 bits per heavy atom. The van der Waals surface area contributed by atoms with Gasteiger partial charge in [0.15, 0.2) is 14.1 Å². The van der Waals surface area contributed by atoms with Crippen LogP contribution >= 0.6 is 0 Å². The third-order valence-electron chi connectivity index (χ3n) is 13.3. The molecular formula is C34H56O5Si2. The monoisotopic (exact) mass is 600 g/mol. The Bertz CT molecular complexity index is 1220. The first kappa shape index (κ1) is 31.4. The van der Waals surface area contributed by atoms with Gasteiger partial charge in [0, 0.05) is 10.8 Å². The molecule has 1 heterocycles. The van der Waals surface area contributed by atoms with Gasteiger partial charge >= 0.3 is 0 Å². The van der Waals surface area contributed by atoms with E-state index in [-0.39, 0.29) is 57.3 Å². The number of Topliss-reactive ketones (excluding diaryl/α,β-unsaturated/α-hetero) is 1. The van der Waals surface area contributed by atoms with Gasteiger partial charge in [-0.1, -0.05) is 67.5 Å². The molecule has 2 unspecified atom stereocenters. The van der Waals surface area contributed by atoms with Crippen molar-refractivity contribution < 1.29 is 23.5 Å². The van der Waals surface area contributed by atoms with Crippen LogP contribution < -0.4 is 0 Å². The Labute approximate surface area is 251 Å². The van der Waals surface area contributed by atoms with E-state index in [0.29, 0.717) is 6.42 Å². The van der Waals surface area contributed by atoms with Gasteiger partial charge in [-0.05, 0) is 97.9 Å². The topological polar surface area (TPSA) is 68.3 Å². The summed E-state index contributed by atoms with van der Waals surface area (Å²) in [6.07, 6.45) is 11.6. The van der Waals surface area contributed by atoms with Gasteiger partial charge in [-0.3, -0.25) is 4.79 Å². The van der Waals surface area contributed by atoms with Crippen molar-refractivity contribution in [1.29, 1.82) is 0 Å². The zero-order valence-electron chi connectivity index (χ0n) is 28.0. The minimum atomic E-state index is -2.12. The predicted octanol–water partition coefficient (Wildman–Crippen LogP) is 7.94. The van der Waals surface area contributed by atoms with Crippen LogP contribution in [0.3, 0.4) is 0 Å². The van der Waals surface area contributed by atoms with E-state index in [1.54, 1.807) is 0 Å². The number of carbonyl (C=O) groups is 1. The molecule has 5 rings (SSSR count). The molecule has 0 aromatic rings. The summed E-state index contributed by atoms with van der Waals surface area (Å²) in [5, 5.41) is 12.5. The average molecular weight is 601 g/mol. The maximum absolute atomic E-state index is 14.0. The Kier molecular flexibility index (Phi) is 6.92. The van der Waals surface area contributed by atoms with Crippen LogP contribution in [0.25, 0.3) is 0 Å². The second kappa shape index (κ2) is 9.03. The average Bonchev–Trinajstić information content (AvgIpc) is 3.51. The van der Waals surface area contributed by atoms with Gasteiger partial charge in [-0.2, -0.15) is 0 Å². The smallest absolute Gasteiger partial charge is 0.250 e. The van der Waals surface area contributed by atoms with Crippen LogP contribution in [0.4, 0.5) is 0 Å². The highest BCUT2D eigenvalue weighted by Gasteiger charge is 2.81. The Balaban J connectivity index is 1.42. The van der Waals surface area contributed by atoms with Crippen molar-refractivity contribution in [3.8, 4) is 0 Å². The fourth-order valence-electron chi connectivity index (χ4n) is 8.41. The molecule has 0 amide bonds. The molecule has 4 aliphatic carbocycles. The lowest BCUT2D eigenvalue weighted by Crippen LogP contribution is -2.62. The highest BCUT2D eigenvalue weighted by molar-refractivity contribution is 6.74. The van der Waals surface area contributed by atoms with Crippen molar-refractivity contribution in [3.05, 3.63) is 35.6 Å². The van der Waals surface area contributed by atoms with E-state index >= 15 is 0 Å². The molecule has 0 aromatic carbocycles. The lowest BCUT2D eigenvalue weighted by Gasteiger charge is -2.54. The van der Waals surface area contributed by atoms with E-state index in [1.807, 2.05) is 0 Å². The van der Waals surface area contributed by atoms with Crippen LogP contribution in [0.2, 0.25) is 36.3 Å². The Morgan fingerprint density at radius 3 is 2.24 bits per heavy atom. The van der Waals surface area contributed by atoms with Crippen LogP contribution in [0.5, 0.6) is 0 Å². The SMILES string of the molecule is CC1C[C@H]2[C@@H]3CC=C4C=C(O[Si](C)(C)C(C)(C)C)C=C[C@]4(C)[C@]34OC4C[C@]2(C)[C@@]1(O)C(=O)CO[Si](C)(C)C(C)(C)C. The normalized spacial score (nSPS) is 41.9. The van der Waals surface area contributed by atoms with Gasteiger partial charge in [0.1, 0.15) is 17.0 Å². The largest absolute Gasteiger partial charge is 0.544 e. The molecule has 1 N–H and O–H groups in total. The summed E-state index contributed by atoms with van der Waals surface area (Å²) in [4.78, 5) is 14.0. The minimum absolute atomic E-state index is 0.00667. The van der Waals surface area contributed by atoms with E-state index in [1.165, 1.54) is 5.57 Å². The fourth-order valence-corrected chi connectivity index (χ4v) is 10.4. The first-order chi connectivity index (χ1) is 18.5. The lowest BCUT2D eigenvalue weighted by atomic mass is 9.48. The molecular weight excluding hydrogens is 545 g/mol. The molecule has 41 heavy (non-hydrogen) atoms. The Morgan fingerprint density at radius 2 is 1.66 bits per heavy atom. The van der Waals surface area contributed by atoms with Crippen molar-refractivity contribution in [1.82, 2.24) is 0 Å². The molecule has 7 heteroatoms. The van der Waals surface area contributed by atoms with Crippen LogP contribution in [0, 0.1) is 28.6 Å². The molecule has 8 atom stereocenters. The molecule has 1 spiro atoms. The number of aliphatic hydroxyl groups is 1. The second-order valence-corrected chi connectivity index (χ2v) is 27.0. The van der Waals surface area contributed by atoms with Gasteiger partial charge in [0.2, 0.25) is 8.32 Å². The van der Waals surface area contributed by atoms with Gasteiger partial charge in [0.25, 0.3) is 0 Å². The van der Waals surface area contributed by atoms with Crippen LogP contribution in [0.1, 0.15) is 81.6 Å². The van der Waals surface area contributed by atoms with Crippen molar-refractivity contribution in [2.24, 2.45) is 28.6 Å². The molecule has 2 saturated carbocycles. The highest BCUT2D eigenvalue weighted by Crippen LogP contribution is 2.76. The van der Waals surface area contributed by atoms with E-state index in [2.05, 4.69) is 113 Å². The molecule has 3 fully saturated rings. The first-order valence-corrected chi connectivity index (χ1v) is 21.7. The van der Waals surface area contributed by atoms with E-state index in [0.717, 1.165) is 18.6 Å². The van der Waals surface area contributed by atoms with Gasteiger partial charge < -0.3 is 18.7 Å². The van der Waals surface area contributed by atoms with E-state index in [9.17, 15) is 9.90 Å². The van der Waals surface area contributed by atoms with E-state index in [4.69, 9.17) is 13.6 Å². The maximum Gasteiger partial charge on any atom is 0.250 e. The maximum atomic E-state index is 14.0. The van der Waals surface area contributed by atoms with Crippen LogP contribution in [-0.2, 0) is 18.4 Å². The Hall–Kier alpha value is -0.996. The number of fused-ring (bicyclic) bond motifs is 3. The number of ether oxygens (including phenoxy) is 1. The van der Waals surface area contributed by atoms with Gasteiger partial charge in [-0.25, -0.2) is 0 Å². The zero-order chi connectivity index (χ0) is 30.8. The van der Waals surface area contributed by atoms with Gasteiger partial charge in [-0.15, -0.1) is 0 Å². The summed E-state index contributed by atoms with van der Waals surface area (Å²) in [5.41, 5.74) is -1.20. The minimum Gasteiger partial charge on any atom is -0.544 e. The number of hydrogen-bond donors (Lipinski definition) is 1. The molecule has 0 bridgehead atoms. The third kappa shape index (κ3) is 4.18. The number of allylic oxidation sites excluding steroid dienone is 3. The lowest BCUT2D eigenvalue weighted by molar-refractivity contribution is -0.164. The quantitative estimate of drug-likeness (QED) is 0.248. The summed E-state index contributed by atoms with van der Waals surface area (Å²) in [7, 11) is -4.08. The highest BCUT2D eigenvalue weighted by atomic mass is 28.4. The summed E-state index contributed by atoms with van der Waals surface area (Å²) < 4.78 is 19.9. The molecule has 0 radical (unpaired) electrons. The molecule has 1 aliphatic heterocycles. The molecule has 0 aromatic heterocycles. The number of epoxide rings is 1. The summed E-state index contributed by atoms with van der Waals surface area (Å²) in [6.45, 7) is 28.9. The number of ketones is 1. The van der Waals surface area contributed by atoms with Crippen molar-refractivity contribution in [2.45, 2.75) is 135 Å². The van der Waals surface area contributed by atoms with Gasteiger partial charge in [0.05, 0.1) is 12.7 Å². The number of carbonyl (C=O) groups excluding carboxylic acids is 1. The first-order valence-electron chi connectivity index (χ1n) is 15.9. The summed E-state index contributed by atoms with van der Waals surface area (Å²) in [5.74, 6) is 1.16. The zero-order valence-corrected chi connectivity index (χ0v) is 30.0. The van der Waals surface area contributed by atoms with Crippen LogP contribution in [0.15, 0.2) is 35.6 Å². The molecule has 5 nitrogen and oxygen atoms in total. The summed E-state index contributed by atoms with van der Waals surface area (Å²) in [6, 6.07) is 0.